The summed E-state index contributed by atoms with van der Waals surface area (Å²) in [5, 5.41) is 9.39. The maximum atomic E-state index is 9.39. The Morgan fingerprint density at radius 1 is 1.18 bits per heavy atom. The van der Waals surface area contributed by atoms with E-state index in [1.54, 1.807) is 0 Å². The molecule has 0 bridgehead atoms. The number of hydrogen-bond donors (Lipinski definition) is 1. The van der Waals surface area contributed by atoms with Gasteiger partial charge < -0.3 is 14.3 Å². The van der Waals surface area contributed by atoms with Crippen molar-refractivity contribution in [1.29, 1.82) is 0 Å². The number of morpholine rings is 1. The number of rotatable bonds is 0. The van der Waals surface area contributed by atoms with Crippen LogP contribution in [0.25, 0.3) is 0 Å². The average molecular weight is 158 g/mol. The van der Waals surface area contributed by atoms with Gasteiger partial charge >= 0.3 is 0 Å². The number of nitrogens with zero attached hydrogens (tertiary/aromatic N) is 1. The van der Waals surface area contributed by atoms with Crippen LogP contribution in [0.4, 0.5) is 0 Å². The van der Waals surface area contributed by atoms with E-state index in [0.29, 0.717) is 0 Å². The minimum atomic E-state index is -0.0481. The van der Waals surface area contributed by atoms with Crippen LogP contribution >= 0.6 is 0 Å². The topological polar surface area (TPSA) is 29.5 Å². The van der Waals surface area contributed by atoms with Crippen molar-refractivity contribution in [2.24, 2.45) is 0 Å². The first kappa shape index (κ1) is 7.53. The molecule has 3 nitrogen and oxygen atoms in total. The van der Waals surface area contributed by atoms with E-state index in [-0.39, 0.29) is 6.10 Å². The summed E-state index contributed by atoms with van der Waals surface area (Å²) in [7, 11) is 0. The Hall–Kier alpha value is -0.120. The van der Waals surface area contributed by atoms with E-state index in [0.717, 1.165) is 50.3 Å². The van der Waals surface area contributed by atoms with Crippen molar-refractivity contribution >= 4 is 0 Å². The van der Waals surface area contributed by atoms with E-state index >= 15 is 0 Å². The first-order valence-electron chi connectivity index (χ1n) is 4.42. The van der Waals surface area contributed by atoms with Gasteiger partial charge in [-0.3, -0.25) is 0 Å². The van der Waals surface area contributed by atoms with Gasteiger partial charge in [-0.05, 0) is 0 Å². The van der Waals surface area contributed by atoms with Gasteiger partial charge in [-0.25, -0.2) is 0 Å². The van der Waals surface area contributed by atoms with Gasteiger partial charge in [-0.15, -0.1) is 0 Å². The lowest BCUT2D eigenvalue weighted by atomic mass is 10.3. The number of hydrogen-bond acceptors (Lipinski definition) is 2. The lowest BCUT2D eigenvalue weighted by Gasteiger charge is -2.37. The van der Waals surface area contributed by atoms with E-state index in [1.807, 2.05) is 0 Å². The predicted octanol–water partition coefficient (Wildman–Crippen LogP) is -0.402. The summed E-state index contributed by atoms with van der Waals surface area (Å²) in [6, 6.07) is 0. The molecule has 0 aromatic carbocycles. The van der Waals surface area contributed by atoms with Gasteiger partial charge in [0.05, 0.1) is 19.8 Å². The molecule has 0 aromatic heterocycles. The summed E-state index contributed by atoms with van der Waals surface area (Å²) in [5.41, 5.74) is 0. The number of aliphatic hydroxyl groups is 1. The first-order chi connectivity index (χ1) is 5.31. The first-order valence-corrected chi connectivity index (χ1v) is 4.42. The van der Waals surface area contributed by atoms with Gasteiger partial charge in [0, 0.05) is 6.42 Å². The zero-order valence-electron chi connectivity index (χ0n) is 6.83. The van der Waals surface area contributed by atoms with Crippen LogP contribution in [-0.2, 0) is 4.74 Å². The van der Waals surface area contributed by atoms with E-state index in [2.05, 4.69) is 0 Å². The second-order valence-corrected chi connectivity index (χ2v) is 3.75. The number of aliphatic hydroxyl groups excluding tert-OH is 1. The molecule has 2 heterocycles. The molecule has 1 N–H and O–H groups in total. The third-order valence-corrected chi connectivity index (χ3v) is 2.95. The molecule has 2 saturated heterocycles. The average Bonchev–Trinajstić information content (AvgIpc) is 2.34. The fourth-order valence-electron chi connectivity index (χ4n) is 2.19. The monoisotopic (exact) mass is 158 g/mol. The van der Waals surface area contributed by atoms with E-state index < -0.39 is 0 Å². The molecule has 0 amide bonds. The zero-order valence-corrected chi connectivity index (χ0v) is 6.83. The summed E-state index contributed by atoms with van der Waals surface area (Å²) < 4.78 is 6.41. The SMILES string of the molecule is OC1CC[N+]2(CCOCC2)C1. The normalized spacial score (nSPS) is 36.3. The highest BCUT2D eigenvalue weighted by molar-refractivity contribution is 4.66. The Morgan fingerprint density at radius 3 is 2.45 bits per heavy atom. The Bertz CT molecular complexity index is 138. The van der Waals surface area contributed by atoms with Crippen molar-refractivity contribution in [2.45, 2.75) is 12.5 Å². The highest BCUT2D eigenvalue weighted by atomic mass is 16.5. The van der Waals surface area contributed by atoms with Gasteiger partial charge in [0.2, 0.25) is 0 Å². The molecule has 2 aliphatic rings. The maximum absolute atomic E-state index is 9.39. The molecular weight excluding hydrogens is 142 g/mol. The molecule has 1 spiro atoms. The summed E-state index contributed by atoms with van der Waals surface area (Å²) in [6.45, 7) is 6.10. The van der Waals surface area contributed by atoms with Gasteiger partial charge in [0.15, 0.2) is 0 Å². The summed E-state index contributed by atoms with van der Waals surface area (Å²) >= 11 is 0. The molecule has 2 rings (SSSR count). The molecule has 0 aromatic rings. The van der Waals surface area contributed by atoms with Crippen molar-refractivity contribution in [3.63, 3.8) is 0 Å². The molecule has 1 atom stereocenters. The van der Waals surface area contributed by atoms with Crippen molar-refractivity contribution < 1.29 is 14.3 Å². The number of ether oxygens (including phenoxy) is 1. The third kappa shape index (κ3) is 1.41. The quantitative estimate of drug-likeness (QED) is 0.486. The third-order valence-electron chi connectivity index (χ3n) is 2.95. The van der Waals surface area contributed by atoms with Gasteiger partial charge in [-0.1, -0.05) is 0 Å². The van der Waals surface area contributed by atoms with Crippen molar-refractivity contribution in [3.05, 3.63) is 0 Å². The molecule has 0 aliphatic carbocycles. The highest BCUT2D eigenvalue weighted by Crippen LogP contribution is 2.21. The van der Waals surface area contributed by atoms with Crippen LogP contribution in [0.15, 0.2) is 0 Å². The minimum Gasteiger partial charge on any atom is -0.387 e. The Morgan fingerprint density at radius 2 is 1.91 bits per heavy atom. The van der Waals surface area contributed by atoms with Crippen LogP contribution in [0.3, 0.4) is 0 Å². The second-order valence-electron chi connectivity index (χ2n) is 3.75. The van der Waals surface area contributed by atoms with Crippen LogP contribution in [-0.4, -0.2) is 55.1 Å². The molecule has 2 fully saturated rings. The van der Waals surface area contributed by atoms with E-state index in [9.17, 15) is 5.11 Å². The molecule has 1 unspecified atom stereocenters. The molecule has 2 aliphatic heterocycles. The van der Waals surface area contributed by atoms with E-state index in [1.165, 1.54) is 0 Å². The Balaban J connectivity index is 1.98. The Labute approximate surface area is 67.2 Å². The van der Waals surface area contributed by atoms with Gasteiger partial charge in [0.1, 0.15) is 25.7 Å². The van der Waals surface area contributed by atoms with Crippen LogP contribution in [0.2, 0.25) is 0 Å². The van der Waals surface area contributed by atoms with Crippen molar-refractivity contribution in [2.75, 3.05) is 39.4 Å². The van der Waals surface area contributed by atoms with E-state index in [4.69, 9.17) is 4.74 Å². The van der Waals surface area contributed by atoms with Crippen LogP contribution in [0.1, 0.15) is 6.42 Å². The van der Waals surface area contributed by atoms with Gasteiger partial charge in [0.25, 0.3) is 0 Å². The smallest absolute Gasteiger partial charge is 0.108 e. The molecule has 0 saturated carbocycles. The van der Waals surface area contributed by atoms with Crippen molar-refractivity contribution in [3.8, 4) is 0 Å². The molecule has 3 heteroatoms. The largest absolute Gasteiger partial charge is 0.387 e. The van der Waals surface area contributed by atoms with Gasteiger partial charge in [-0.2, -0.15) is 0 Å². The number of quaternary nitrogens is 1. The lowest BCUT2D eigenvalue weighted by molar-refractivity contribution is -0.925. The fourth-order valence-corrected chi connectivity index (χ4v) is 2.19. The second kappa shape index (κ2) is 2.73. The minimum absolute atomic E-state index is 0.0481. The standard InChI is InChI=1S/C8H16NO2/c10-8-1-2-9(7-8)3-5-11-6-4-9/h8,10H,1-7H2/q+1. The lowest BCUT2D eigenvalue weighted by Crippen LogP contribution is -2.53. The summed E-state index contributed by atoms with van der Waals surface area (Å²) in [4.78, 5) is 0. The van der Waals surface area contributed by atoms with Crippen LogP contribution in [0.5, 0.6) is 0 Å². The zero-order chi connectivity index (χ0) is 7.73. The van der Waals surface area contributed by atoms with Crippen LogP contribution < -0.4 is 0 Å². The fraction of sp³-hybridized carbons (Fsp3) is 1.00. The molecule has 11 heavy (non-hydrogen) atoms. The van der Waals surface area contributed by atoms with Crippen LogP contribution in [0, 0.1) is 0 Å². The van der Waals surface area contributed by atoms with Crippen molar-refractivity contribution in [1.82, 2.24) is 0 Å². The Kier molecular flexibility index (Phi) is 1.87. The summed E-state index contributed by atoms with van der Waals surface area (Å²) in [5.74, 6) is 0. The predicted molar refractivity (Wildman–Crippen MR) is 41.2 cm³/mol. The highest BCUT2D eigenvalue weighted by Gasteiger charge is 2.38. The molecular formula is C8H16NO2+. The molecule has 0 radical (unpaired) electrons. The maximum Gasteiger partial charge on any atom is 0.108 e. The summed E-state index contributed by atoms with van der Waals surface area (Å²) in [6.07, 6.45) is 0.938. The molecule has 64 valence electrons.